The highest BCUT2D eigenvalue weighted by Crippen LogP contribution is 2.43. The lowest BCUT2D eigenvalue weighted by atomic mass is 9.86. The van der Waals surface area contributed by atoms with Crippen LogP contribution in [0.4, 0.5) is 0 Å². The summed E-state index contributed by atoms with van der Waals surface area (Å²) in [5, 5.41) is 0. The van der Waals surface area contributed by atoms with E-state index in [0.29, 0.717) is 11.5 Å². The topological polar surface area (TPSA) is 9.23 Å². The first kappa shape index (κ1) is 13.1. The molecule has 1 atom stereocenters. The maximum Gasteiger partial charge on any atom is 0.0612 e. The monoisotopic (exact) mass is 236 g/mol. The van der Waals surface area contributed by atoms with Crippen molar-refractivity contribution in [2.75, 3.05) is 6.61 Å². The van der Waals surface area contributed by atoms with E-state index in [0.717, 1.165) is 6.61 Å². The van der Waals surface area contributed by atoms with Crippen molar-refractivity contribution < 1.29 is 4.74 Å². The molecule has 0 radical (unpaired) electrons. The van der Waals surface area contributed by atoms with Gasteiger partial charge in [-0.15, -0.1) is 0 Å². The normalized spacial score (nSPS) is 30.2. The van der Waals surface area contributed by atoms with E-state index in [1.807, 2.05) is 0 Å². The molecule has 0 aromatic heterocycles. The van der Waals surface area contributed by atoms with Gasteiger partial charge >= 0.3 is 0 Å². The van der Waals surface area contributed by atoms with Gasteiger partial charge in [-0.05, 0) is 44.4 Å². The molecule has 0 N–H and O–H groups in total. The van der Waals surface area contributed by atoms with Crippen LogP contribution in [0.2, 0.25) is 0 Å². The fourth-order valence-electron chi connectivity index (χ4n) is 3.17. The Kier molecular flexibility index (Phi) is 4.30. The molecule has 1 fully saturated rings. The summed E-state index contributed by atoms with van der Waals surface area (Å²) in [5.74, 6) is 0. The predicted octanol–water partition coefficient (Wildman–Crippen LogP) is 4.86. The van der Waals surface area contributed by atoms with E-state index in [1.165, 1.54) is 51.4 Å². The maximum absolute atomic E-state index is 6.03. The largest absolute Gasteiger partial charge is 0.378 e. The van der Waals surface area contributed by atoms with E-state index < -0.39 is 0 Å². The minimum absolute atomic E-state index is 0.441. The lowest BCUT2D eigenvalue weighted by Crippen LogP contribution is -2.17. The Morgan fingerprint density at radius 1 is 1.18 bits per heavy atom. The van der Waals surface area contributed by atoms with Crippen LogP contribution < -0.4 is 0 Å². The molecule has 1 nitrogen and oxygen atoms in total. The molecule has 2 aliphatic rings. The summed E-state index contributed by atoms with van der Waals surface area (Å²) in [4.78, 5) is 0. The standard InChI is InChI=1S/C16H28O/c1-13-14(9-10-16(13,2)3)12-15-8-6-4-5-7-11-17-15/h15H,4-12H2,1-3H3. The second-order valence-electron chi connectivity index (χ2n) is 6.51. The maximum atomic E-state index is 6.03. The fourth-order valence-corrected chi connectivity index (χ4v) is 3.17. The van der Waals surface area contributed by atoms with Crippen LogP contribution in [-0.4, -0.2) is 12.7 Å². The van der Waals surface area contributed by atoms with Gasteiger partial charge in [0, 0.05) is 6.61 Å². The highest BCUT2D eigenvalue weighted by atomic mass is 16.5. The van der Waals surface area contributed by atoms with Gasteiger partial charge in [0.05, 0.1) is 6.10 Å². The molecule has 0 bridgehead atoms. The molecule has 1 saturated heterocycles. The molecular formula is C16H28O. The van der Waals surface area contributed by atoms with Crippen molar-refractivity contribution in [1.29, 1.82) is 0 Å². The third-order valence-electron chi connectivity index (χ3n) is 4.85. The lowest BCUT2D eigenvalue weighted by molar-refractivity contribution is 0.0356. The first-order valence-electron chi connectivity index (χ1n) is 7.40. The molecule has 1 heterocycles. The van der Waals surface area contributed by atoms with Crippen LogP contribution in [0.3, 0.4) is 0 Å². The zero-order valence-electron chi connectivity index (χ0n) is 11.8. The van der Waals surface area contributed by atoms with Crippen molar-refractivity contribution >= 4 is 0 Å². The van der Waals surface area contributed by atoms with Gasteiger partial charge in [-0.25, -0.2) is 0 Å². The van der Waals surface area contributed by atoms with Gasteiger partial charge in [-0.1, -0.05) is 44.3 Å². The highest BCUT2D eigenvalue weighted by Gasteiger charge is 2.30. The Morgan fingerprint density at radius 2 is 1.94 bits per heavy atom. The molecule has 0 amide bonds. The third kappa shape index (κ3) is 3.34. The van der Waals surface area contributed by atoms with Crippen LogP contribution in [-0.2, 0) is 4.74 Å². The summed E-state index contributed by atoms with van der Waals surface area (Å²) in [7, 11) is 0. The van der Waals surface area contributed by atoms with Crippen molar-refractivity contribution in [3.63, 3.8) is 0 Å². The van der Waals surface area contributed by atoms with Crippen molar-refractivity contribution in [2.24, 2.45) is 5.41 Å². The Hall–Kier alpha value is -0.300. The van der Waals surface area contributed by atoms with Gasteiger partial charge in [0.15, 0.2) is 0 Å². The molecule has 17 heavy (non-hydrogen) atoms. The lowest BCUT2D eigenvalue weighted by Gasteiger charge is -2.23. The summed E-state index contributed by atoms with van der Waals surface area (Å²) in [6.45, 7) is 8.09. The first-order chi connectivity index (χ1) is 8.09. The number of hydrogen-bond acceptors (Lipinski definition) is 1. The van der Waals surface area contributed by atoms with Crippen LogP contribution in [0.15, 0.2) is 11.1 Å². The Bertz CT molecular complexity index is 280. The van der Waals surface area contributed by atoms with E-state index in [1.54, 1.807) is 11.1 Å². The van der Waals surface area contributed by atoms with Crippen molar-refractivity contribution in [2.45, 2.75) is 78.2 Å². The first-order valence-corrected chi connectivity index (χ1v) is 7.40. The summed E-state index contributed by atoms with van der Waals surface area (Å²) >= 11 is 0. The number of hydrogen-bond donors (Lipinski definition) is 0. The van der Waals surface area contributed by atoms with Gasteiger partial charge in [0.1, 0.15) is 0 Å². The Labute approximate surface area is 107 Å². The molecule has 1 heteroatoms. The van der Waals surface area contributed by atoms with E-state index in [4.69, 9.17) is 4.74 Å². The van der Waals surface area contributed by atoms with Gasteiger partial charge in [0.2, 0.25) is 0 Å². The average molecular weight is 236 g/mol. The summed E-state index contributed by atoms with van der Waals surface area (Å²) in [5.41, 5.74) is 3.78. The van der Waals surface area contributed by atoms with E-state index >= 15 is 0 Å². The van der Waals surface area contributed by atoms with Crippen LogP contribution in [0.1, 0.15) is 72.1 Å². The smallest absolute Gasteiger partial charge is 0.0612 e. The van der Waals surface area contributed by atoms with E-state index in [2.05, 4.69) is 20.8 Å². The Balaban J connectivity index is 1.93. The van der Waals surface area contributed by atoms with Crippen LogP contribution in [0.25, 0.3) is 0 Å². The second kappa shape index (κ2) is 5.56. The second-order valence-corrected chi connectivity index (χ2v) is 6.51. The van der Waals surface area contributed by atoms with Crippen LogP contribution in [0.5, 0.6) is 0 Å². The minimum atomic E-state index is 0.441. The summed E-state index contributed by atoms with van der Waals surface area (Å²) in [6, 6.07) is 0. The molecule has 0 spiro atoms. The van der Waals surface area contributed by atoms with Gasteiger partial charge < -0.3 is 4.74 Å². The number of ether oxygens (including phenoxy) is 1. The molecule has 0 aromatic carbocycles. The van der Waals surface area contributed by atoms with Crippen molar-refractivity contribution in [3.8, 4) is 0 Å². The summed E-state index contributed by atoms with van der Waals surface area (Å²) < 4.78 is 6.03. The van der Waals surface area contributed by atoms with Crippen molar-refractivity contribution in [1.82, 2.24) is 0 Å². The van der Waals surface area contributed by atoms with Crippen LogP contribution >= 0.6 is 0 Å². The molecule has 0 aromatic rings. The van der Waals surface area contributed by atoms with Gasteiger partial charge in [-0.2, -0.15) is 0 Å². The zero-order chi connectivity index (χ0) is 12.3. The van der Waals surface area contributed by atoms with E-state index in [9.17, 15) is 0 Å². The van der Waals surface area contributed by atoms with E-state index in [-0.39, 0.29) is 0 Å². The number of rotatable bonds is 2. The molecule has 1 unspecified atom stereocenters. The fraction of sp³-hybridized carbons (Fsp3) is 0.875. The summed E-state index contributed by atoms with van der Waals surface area (Å²) in [6.07, 6.45) is 11.0. The highest BCUT2D eigenvalue weighted by molar-refractivity contribution is 5.25. The quantitative estimate of drug-likeness (QED) is 0.622. The predicted molar refractivity (Wildman–Crippen MR) is 73.2 cm³/mol. The molecule has 1 aliphatic heterocycles. The van der Waals surface area contributed by atoms with Gasteiger partial charge in [0.25, 0.3) is 0 Å². The van der Waals surface area contributed by atoms with Crippen molar-refractivity contribution in [3.05, 3.63) is 11.1 Å². The van der Waals surface area contributed by atoms with Crippen LogP contribution in [0, 0.1) is 5.41 Å². The molecule has 98 valence electrons. The Morgan fingerprint density at radius 3 is 2.65 bits per heavy atom. The molecule has 0 saturated carbocycles. The molecule has 1 aliphatic carbocycles. The number of allylic oxidation sites excluding steroid dienone is 1. The zero-order valence-corrected chi connectivity index (χ0v) is 11.8. The minimum Gasteiger partial charge on any atom is -0.378 e. The van der Waals surface area contributed by atoms with Gasteiger partial charge in [-0.3, -0.25) is 0 Å². The average Bonchev–Trinajstić information content (AvgIpc) is 2.48. The molecule has 2 rings (SSSR count). The molecular weight excluding hydrogens is 208 g/mol. The SMILES string of the molecule is CC1=C(CC2CCCCCCO2)CCC1(C)C. The third-order valence-corrected chi connectivity index (χ3v) is 4.85.